The summed E-state index contributed by atoms with van der Waals surface area (Å²) in [4.78, 5) is 39.0. The van der Waals surface area contributed by atoms with Gasteiger partial charge in [-0.05, 0) is 30.3 Å². The number of nitrogens with zero attached hydrogens (tertiary/aromatic N) is 2. The lowest BCUT2D eigenvalue weighted by Gasteiger charge is -2.24. The number of fused-ring (bicyclic) bond motifs is 1. The molecule has 5 rings (SSSR count). The highest BCUT2D eigenvalue weighted by atomic mass is 19.1. The van der Waals surface area contributed by atoms with E-state index in [1.54, 1.807) is 24.3 Å². The minimum Gasteiger partial charge on any atom is -0.442 e. The van der Waals surface area contributed by atoms with E-state index in [2.05, 4.69) is 10.6 Å². The van der Waals surface area contributed by atoms with Crippen LogP contribution in [0.1, 0.15) is 17.3 Å². The maximum atomic E-state index is 15.0. The largest absolute Gasteiger partial charge is 0.442 e. The van der Waals surface area contributed by atoms with Gasteiger partial charge in [-0.15, -0.1) is 0 Å². The standard InChI is InChI=1S/C24H25FN4O4/c1-14(30)26-10-17-11-29(24(32)33-17)16-7-8-21(20(25)9-16)28-12-18-19(13-28)22(18)27-23(31)15-5-3-2-4-6-15/h2-9,17-19,22H,10-13H2,1H3,(H,26,30)(H,27,31)/t17?,18-,19?,22?/m1/s1. The van der Waals surface area contributed by atoms with Crippen LogP contribution in [0.25, 0.3) is 0 Å². The second-order valence-corrected chi connectivity index (χ2v) is 8.79. The van der Waals surface area contributed by atoms with E-state index < -0.39 is 18.0 Å². The molecule has 2 aromatic rings. The molecule has 3 unspecified atom stereocenters. The third-order valence-corrected chi connectivity index (χ3v) is 6.56. The van der Waals surface area contributed by atoms with Gasteiger partial charge in [0.15, 0.2) is 0 Å². The second kappa shape index (κ2) is 8.38. The molecule has 172 valence electrons. The third-order valence-electron chi connectivity index (χ3n) is 6.56. The molecule has 33 heavy (non-hydrogen) atoms. The van der Waals surface area contributed by atoms with Crippen molar-refractivity contribution in [2.45, 2.75) is 19.1 Å². The van der Waals surface area contributed by atoms with Gasteiger partial charge in [0.1, 0.15) is 11.9 Å². The molecule has 3 fully saturated rings. The molecule has 1 aliphatic carbocycles. The number of carbonyl (C=O) groups is 3. The third kappa shape index (κ3) is 4.22. The van der Waals surface area contributed by atoms with Crippen molar-refractivity contribution >= 4 is 29.3 Å². The van der Waals surface area contributed by atoms with Crippen LogP contribution in [0.5, 0.6) is 0 Å². The average Bonchev–Trinajstić information content (AvgIpc) is 3.13. The zero-order valence-corrected chi connectivity index (χ0v) is 18.2. The first kappa shape index (κ1) is 21.2. The highest BCUT2D eigenvalue weighted by Gasteiger charge is 2.56. The summed E-state index contributed by atoms with van der Waals surface area (Å²) in [7, 11) is 0. The monoisotopic (exact) mass is 452 g/mol. The molecule has 2 aromatic carbocycles. The molecule has 8 nitrogen and oxygen atoms in total. The Morgan fingerprint density at radius 2 is 1.82 bits per heavy atom. The summed E-state index contributed by atoms with van der Waals surface area (Å²) in [5, 5.41) is 5.71. The van der Waals surface area contributed by atoms with Gasteiger partial charge in [0, 0.05) is 43.5 Å². The Bertz CT molecular complexity index is 1080. The van der Waals surface area contributed by atoms with Crippen molar-refractivity contribution < 1.29 is 23.5 Å². The van der Waals surface area contributed by atoms with Crippen molar-refractivity contribution in [3.8, 4) is 0 Å². The molecule has 0 spiro atoms. The fourth-order valence-electron chi connectivity index (χ4n) is 4.78. The normalized spacial score (nSPS) is 25.5. The lowest BCUT2D eigenvalue weighted by molar-refractivity contribution is -0.119. The predicted octanol–water partition coefficient (Wildman–Crippen LogP) is 2.15. The Labute approximate surface area is 190 Å². The second-order valence-electron chi connectivity index (χ2n) is 8.79. The zero-order chi connectivity index (χ0) is 23.1. The van der Waals surface area contributed by atoms with E-state index in [1.165, 1.54) is 17.9 Å². The van der Waals surface area contributed by atoms with Gasteiger partial charge in [-0.2, -0.15) is 0 Å². The number of ether oxygens (including phenoxy) is 1. The first-order valence-corrected chi connectivity index (χ1v) is 11.0. The average molecular weight is 452 g/mol. The first-order valence-electron chi connectivity index (χ1n) is 11.0. The highest BCUT2D eigenvalue weighted by Crippen LogP contribution is 2.47. The van der Waals surface area contributed by atoms with Gasteiger partial charge >= 0.3 is 6.09 Å². The van der Waals surface area contributed by atoms with Crippen LogP contribution in [0.2, 0.25) is 0 Å². The number of piperidine rings is 1. The van der Waals surface area contributed by atoms with Crippen molar-refractivity contribution in [1.29, 1.82) is 0 Å². The van der Waals surface area contributed by atoms with Crippen LogP contribution in [0.3, 0.4) is 0 Å². The Morgan fingerprint density at radius 3 is 2.48 bits per heavy atom. The topological polar surface area (TPSA) is 91.0 Å². The minimum absolute atomic E-state index is 0.0774. The van der Waals surface area contributed by atoms with Crippen molar-refractivity contribution in [1.82, 2.24) is 10.6 Å². The summed E-state index contributed by atoms with van der Waals surface area (Å²) in [6.07, 6.45) is -1.03. The number of amides is 3. The molecule has 0 aromatic heterocycles. The van der Waals surface area contributed by atoms with Crippen LogP contribution >= 0.6 is 0 Å². The van der Waals surface area contributed by atoms with Crippen LogP contribution in [-0.4, -0.2) is 56.2 Å². The molecule has 0 bridgehead atoms. The molecule has 2 saturated heterocycles. The molecular formula is C24H25FN4O4. The van der Waals surface area contributed by atoms with E-state index in [1.807, 2.05) is 23.1 Å². The number of hydrogen-bond acceptors (Lipinski definition) is 5. The van der Waals surface area contributed by atoms with Gasteiger partial charge < -0.3 is 20.3 Å². The molecule has 2 heterocycles. The SMILES string of the molecule is CC(=O)NCC1CN(c2ccc(N3CC4C(NC(=O)c5ccccc5)[C@@H]4C3)c(F)c2)C(=O)O1. The Hall–Kier alpha value is -3.62. The maximum absolute atomic E-state index is 15.0. The fourth-order valence-corrected chi connectivity index (χ4v) is 4.78. The van der Waals surface area contributed by atoms with Crippen LogP contribution < -0.4 is 20.4 Å². The number of carbonyl (C=O) groups excluding carboxylic acids is 3. The number of hydrogen-bond donors (Lipinski definition) is 2. The van der Waals surface area contributed by atoms with Crippen molar-refractivity contribution in [2.75, 3.05) is 36.0 Å². The van der Waals surface area contributed by atoms with E-state index in [9.17, 15) is 18.8 Å². The number of halogens is 1. The predicted molar refractivity (Wildman–Crippen MR) is 120 cm³/mol. The minimum atomic E-state index is -0.558. The van der Waals surface area contributed by atoms with Crippen molar-refractivity contribution in [2.24, 2.45) is 11.8 Å². The summed E-state index contributed by atoms with van der Waals surface area (Å²) in [6.45, 7) is 3.20. The lowest BCUT2D eigenvalue weighted by atomic mass is 10.2. The van der Waals surface area contributed by atoms with Gasteiger partial charge in [0.2, 0.25) is 5.91 Å². The van der Waals surface area contributed by atoms with Crippen LogP contribution in [0, 0.1) is 17.7 Å². The van der Waals surface area contributed by atoms with Crippen LogP contribution in [0.4, 0.5) is 20.6 Å². The van der Waals surface area contributed by atoms with Gasteiger partial charge in [-0.25, -0.2) is 9.18 Å². The first-order chi connectivity index (χ1) is 15.9. The van der Waals surface area contributed by atoms with Gasteiger partial charge in [0.05, 0.1) is 24.5 Å². The van der Waals surface area contributed by atoms with E-state index >= 15 is 0 Å². The number of rotatable bonds is 6. The summed E-state index contributed by atoms with van der Waals surface area (Å²) in [6, 6.07) is 14.0. The summed E-state index contributed by atoms with van der Waals surface area (Å²) in [5.41, 5.74) is 1.55. The Kier molecular flexibility index (Phi) is 5.39. The number of cyclic esters (lactones) is 1. The molecule has 2 N–H and O–H groups in total. The number of nitrogens with one attached hydrogen (secondary N) is 2. The highest BCUT2D eigenvalue weighted by molar-refractivity contribution is 5.94. The molecule has 2 aliphatic heterocycles. The fraction of sp³-hybridized carbons (Fsp3) is 0.375. The van der Waals surface area contributed by atoms with Crippen LogP contribution in [-0.2, 0) is 9.53 Å². The van der Waals surface area contributed by atoms with E-state index in [0.717, 1.165) is 0 Å². The molecule has 9 heteroatoms. The molecule has 4 atom stereocenters. The molecule has 3 amide bonds. The summed E-state index contributed by atoms with van der Waals surface area (Å²) in [5.74, 6) is -0.0757. The molecule has 1 saturated carbocycles. The summed E-state index contributed by atoms with van der Waals surface area (Å²) >= 11 is 0. The van der Waals surface area contributed by atoms with Gasteiger partial charge in [-0.3, -0.25) is 14.5 Å². The van der Waals surface area contributed by atoms with Crippen molar-refractivity contribution in [3.63, 3.8) is 0 Å². The summed E-state index contributed by atoms with van der Waals surface area (Å²) < 4.78 is 20.2. The molecule has 0 radical (unpaired) electrons. The lowest BCUT2D eigenvalue weighted by Crippen LogP contribution is -2.35. The van der Waals surface area contributed by atoms with Gasteiger partial charge in [0.25, 0.3) is 5.91 Å². The molecular weight excluding hydrogens is 427 g/mol. The molecule has 3 aliphatic rings. The van der Waals surface area contributed by atoms with Crippen LogP contribution in [0.15, 0.2) is 48.5 Å². The Balaban J connectivity index is 1.18. The number of anilines is 2. The maximum Gasteiger partial charge on any atom is 0.414 e. The van der Waals surface area contributed by atoms with Crippen molar-refractivity contribution in [3.05, 3.63) is 59.9 Å². The quantitative estimate of drug-likeness (QED) is 0.701. The van der Waals surface area contributed by atoms with Gasteiger partial charge in [-0.1, -0.05) is 18.2 Å². The van der Waals surface area contributed by atoms with E-state index in [0.29, 0.717) is 41.9 Å². The zero-order valence-electron chi connectivity index (χ0n) is 18.2. The number of benzene rings is 2. The van der Waals surface area contributed by atoms with E-state index in [4.69, 9.17) is 4.74 Å². The van der Waals surface area contributed by atoms with E-state index in [-0.39, 0.29) is 30.9 Å². The smallest absolute Gasteiger partial charge is 0.414 e. The Morgan fingerprint density at radius 1 is 1.09 bits per heavy atom.